The lowest BCUT2D eigenvalue weighted by atomic mass is 9.78. The van der Waals surface area contributed by atoms with Crippen LogP contribution in [0.2, 0.25) is 0 Å². The Bertz CT molecular complexity index is 787. The van der Waals surface area contributed by atoms with Crippen LogP contribution in [0.25, 0.3) is 0 Å². The summed E-state index contributed by atoms with van der Waals surface area (Å²) in [6.07, 6.45) is 1.91. The molecule has 6 heteroatoms. The van der Waals surface area contributed by atoms with Gasteiger partial charge in [0.2, 0.25) is 0 Å². The molecule has 1 saturated carbocycles. The zero-order valence-corrected chi connectivity index (χ0v) is 17.0. The number of rotatable bonds is 7. The normalized spacial score (nSPS) is 20.7. The van der Waals surface area contributed by atoms with Gasteiger partial charge in [0.05, 0.1) is 0 Å². The minimum absolute atomic E-state index is 0.235. The van der Waals surface area contributed by atoms with Crippen LogP contribution in [0, 0.1) is 23.5 Å². The third-order valence-electron chi connectivity index (χ3n) is 6.13. The van der Waals surface area contributed by atoms with Crippen molar-refractivity contribution in [3.8, 4) is 5.75 Å². The van der Waals surface area contributed by atoms with E-state index in [1.165, 1.54) is 19.3 Å². The van der Waals surface area contributed by atoms with Gasteiger partial charge in [-0.25, -0.2) is 8.78 Å². The van der Waals surface area contributed by atoms with Crippen molar-refractivity contribution in [3.05, 3.63) is 65.2 Å². The Labute approximate surface area is 174 Å². The molecule has 2 aromatic rings. The monoisotopic (exact) mass is 426 g/mol. The van der Waals surface area contributed by atoms with Crippen LogP contribution in [0.3, 0.4) is 0 Å². The number of alkyl halides is 3. The minimum atomic E-state index is -5.09. The van der Waals surface area contributed by atoms with Crippen LogP contribution in [0.15, 0.2) is 42.5 Å². The van der Waals surface area contributed by atoms with Gasteiger partial charge in [-0.1, -0.05) is 69.4 Å². The molecule has 1 aliphatic carbocycles. The smallest absolute Gasteiger partial charge is 0.422 e. The maximum atomic E-state index is 14.0. The van der Waals surface area contributed by atoms with E-state index in [2.05, 4.69) is 6.92 Å². The van der Waals surface area contributed by atoms with Crippen molar-refractivity contribution in [1.82, 2.24) is 0 Å². The molecule has 0 spiro atoms. The molecular weight excluding hydrogens is 399 g/mol. The second-order valence-electron chi connectivity index (χ2n) is 8.15. The Morgan fingerprint density at radius 3 is 2.03 bits per heavy atom. The molecule has 0 heterocycles. The predicted octanol–water partition coefficient (Wildman–Crippen LogP) is 8.10. The number of ether oxygens (including phenoxy) is 1. The van der Waals surface area contributed by atoms with Gasteiger partial charge < -0.3 is 4.74 Å². The maximum Gasteiger partial charge on any atom is 0.422 e. The Morgan fingerprint density at radius 1 is 0.933 bits per heavy atom. The average Bonchev–Trinajstić information content (AvgIpc) is 2.70. The third kappa shape index (κ3) is 5.73. The van der Waals surface area contributed by atoms with Crippen LogP contribution in [0.5, 0.6) is 5.75 Å². The maximum absolute atomic E-state index is 14.0. The van der Waals surface area contributed by atoms with Gasteiger partial charge in [-0.2, -0.15) is 13.2 Å². The SMILES string of the molecule is CCC1CCC(CCC(Oc2cc(F)c(C(F)(F)F)c(F)c2)c2ccccc2)CC1. The summed E-state index contributed by atoms with van der Waals surface area (Å²) in [5.74, 6) is -2.20. The first-order chi connectivity index (χ1) is 14.3. The molecule has 1 unspecified atom stereocenters. The van der Waals surface area contributed by atoms with E-state index in [9.17, 15) is 22.0 Å². The molecule has 2 aromatic carbocycles. The van der Waals surface area contributed by atoms with Gasteiger partial charge in [0.15, 0.2) is 0 Å². The molecule has 0 aliphatic heterocycles. The first-order valence-corrected chi connectivity index (χ1v) is 10.6. The molecule has 0 amide bonds. The van der Waals surface area contributed by atoms with Gasteiger partial charge in [-0.05, 0) is 30.2 Å². The fourth-order valence-electron chi connectivity index (χ4n) is 4.33. The van der Waals surface area contributed by atoms with Gasteiger partial charge in [-0.3, -0.25) is 0 Å². The van der Waals surface area contributed by atoms with E-state index < -0.39 is 29.5 Å². The average molecular weight is 426 g/mol. The Kier molecular flexibility index (Phi) is 7.37. The molecular formula is C24H27F5O. The Morgan fingerprint density at radius 2 is 1.50 bits per heavy atom. The van der Waals surface area contributed by atoms with Crippen molar-refractivity contribution in [1.29, 1.82) is 0 Å². The molecule has 1 fully saturated rings. The molecule has 0 bridgehead atoms. The lowest BCUT2D eigenvalue weighted by Crippen LogP contribution is -2.16. The van der Waals surface area contributed by atoms with Crippen molar-refractivity contribution >= 4 is 0 Å². The van der Waals surface area contributed by atoms with Gasteiger partial charge in [0.25, 0.3) is 0 Å². The van der Waals surface area contributed by atoms with E-state index in [1.54, 1.807) is 0 Å². The van der Waals surface area contributed by atoms with Gasteiger partial charge in [0.1, 0.15) is 29.1 Å². The number of halogens is 5. The van der Waals surface area contributed by atoms with Crippen molar-refractivity contribution in [2.24, 2.45) is 11.8 Å². The summed E-state index contributed by atoms with van der Waals surface area (Å²) < 4.78 is 72.2. The van der Waals surface area contributed by atoms with E-state index in [-0.39, 0.29) is 5.75 Å². The van der Waals surface area contributed by atoms with Crippen molar-refractivity contribution in [2.75, 3.05) is 0 Å². The molecule has 0 aromatic heterocycles. The Balaban J connectivity index is 1.74. The molecule has 0 saturated heterocycles. The highest BCUT2D eigenvalue weighted by atomic mass is 19.4. The van der Waals surface area contributed by atoms with Crippen LogP contribution in [-0.4, -0.2) is 0 Å². The molecule has 164 valence electrons. The third-order valence-corrected chi connectivity index (χ3v) is 6.13. The fraction of sp³-hybridized carbons (Fsp3) is 0.500. The van der Waals surface area contributed by atoms with E-state index in [4.69, 9.17) is 4.74 Å². The minimum Gasteiger partial charge on any atom is -0.486 e. The standard InChI is InChI=1S/C24H27F5O/c1-2-16-8-10-17(11-9-16)12-13-22(18-6-4-3-5-7-18)30-19-14-20(25)23(21(26)15-19)24(27,28)29/h3-7,14-17,22H,2,8-13H2,1H3. The number of hydrogen-bond acceptors (Lipinski definition) is 1. The molecule has 1 aliphatic rings. The van der Waals surface area contributed by atoms with E-state index in [0.717, 1.165) is 30.7 Å². The van der Waals surface area contributed by atoms with Crippen LogP contribution in [-0.2, 0) is 6.18 Å². The molecule has 1 atom stereocenters. The van der Waals surface area contributed by atoms with Gasteiger partial charge in [0, 0.05) is 12.1 Å². The zero-order valence-electron chi connectivity index (χ0n) is 17.0. The Hall–Kier alpha value is -2.11. The second kappa shape index (κ2) is 9.80. The largest absolute Gasteiger partial charge is 0.486 e. The van der Waals surface area contributed by atoms with Crippen LogP contribution < -0.4 is 4.74 Å². The molecule has 0 radical (unpaired) electrons. The van der Waals surface area contributed by atoms with Crippen LogP contribution in [0.1, 0.15) is 69.1 Å². The molecule has 3 rings (SSSR count). The van der Waals surface area contributed by atoms with Crippen molar-refractivity contribution in [3.63, 3.8) is 0 Å². The van der Waals surface area contributed by atoms with Crippen LogP contribution >= 0.6 is 0 Å². The fourth-order valence-corrected chi connectivity index (χ4v) is 4.33. The molecule has 30 heavy (non-hydrogen) atoms. The summed E-state index contributed by atoms with van der Waals surface area (Å²) in [7, 11) is 0. The highest BCUT2D eigenvalue weighted by molar-refractivity contribution is 5.33. The molecule has 1 nitrogen and oxygen atoms in total. The van der Waals surface area contributed by atoms with Gasteiger partial charge >= 0.3 is 6.18 Å². The second-order valence-corrected chi connectivity index (χ2v) is 8.15. The van der Waals surface area contributed by atoms with Crippen molar-refractivity contribution in [2.45, 2.75) is 64.1 Å². The van der Waals surface area contributed by atoms with Crippen LogP contribution in [0.4, 0.5) is 22.0 Å². The highest BCUT2D eigenvalue weighted by Crippen LogP contribution is 2.38. The summed E-state index contributed by atoms with van der Waals surface area (Å²) in [4.78, 5) is 0. The lowest BCUT2D eigenvalue weighted by molar-refractivity contribution is -0.142. The first kappa shape index (κ1) is 22.6. The highest BCUT2D eigenvalue weighted by Gasteiger charge is 2.38. The topological polar surface area (TPSA) is 9.23 Å². The summed E-state index contributed by atoms with van der Waals surface area (Å²) in [6, 6.07) is 10.5. The van der Waals surface area contributed by atoms with E-state index in [1.807, 2.05) is 30.3 Å². The predicted molar refractivity (Wildman–Crippen MR) is 106 cm³/mol. The summed E-state index contributed by atoms with van der Waals surface area (Å²) in [6.45, 7) is 2.21. The van der Waals surface area contributed by atoms with E-state index in [0.29, 0.717) is 24.5 Å². The zero-order chi connectivity index (χ0) is 21.7. The summed E-state index contributed by atoms with van der Waals surface area (Å²) >= 11 is 0. The van der Waals surface area contributed by atoms with Crippen molar-refractivity contribution < 1.29 is 26.7 Å². The quantitative estimate of drug-likeness (QED) is 0.407. The molecule has 0 N–H and O–H groups in total. The van der Waals surface area contributed by atoms with Gasteiger partial charge in [-0.15, -0.1) is 0 Å². The summed E-state index contributed by atoms with van der Waals surface area (Å²) in [5, 5.41) is 0. The lowest BCUT2D eigenvalue weighted by Gasteiger charge is -2.29. The first-order valence-electron chi connectivity index (χ1n) is 10.6. The summed E-state index contributed by atoms with van der Waals surface area (Å²) in [5.41, 5.74) is -1.06. The van der Waals surface area contributed by atoms with E-state index >= 15 is 0 Å². The number of benzene rings is 2. The number of hydrogen-bond donors (Lipinski definition) is 0.